The van der Waals surface area contributed by atoms with Crippen LogP contribution in [0.4, 0.5) is 0 Å². The van der Waals surface area contributed by atoms with Crippen LogP contribution in [0.1, 0.15) is 107 Å². The molecule has 5 aliphatic heterocycles. The summed E-state index contributed by atoms with van der Waals surface area (Å²) in [7, 11) is 1.50. The van der Waals surface area contributed by atoms with Crippen molar-refractivity contribution in [3.8, 4) is 0 Å². The first-order valence-electron chi connectivity index (χ1n) is 18.1. The molecule has 0 unspecified atom stereocenters. The molecule has 272 valence electrons. The quantitative estimate of drug-likeness (QED) is 0.314. The molecule has 11 nitrogen and oxygen atoms in total. The molecule has 1 spiro atoms. The molecular weight excluding hydrogens is 608 g/mol. The second kappa shape index (κ2) is 13.7. The van der Waals surface area contributed by atoms with Gasteiger partial charge in [-0.25, -0.2) is 0 Å². The molecule has 17 atom stereocenters. The van der Waals surface area contributed by atoms with Gasteiger partial charge >= 0.3 is 0 Å². The molecule has 0 saturated carbocycles. The third kappa shape index (κ3) is 6.67. The Kier molecular flexibility index (Phi) is 10.9. The van der Waals surface area contributed by atoms with Crippen LogP contribution in [0.25, 0.3) is 0 Å². The van der Waals surface area contributed by atoms with Gasteiger partial charge in [0.05, 0.1) is 60.5 Å². The molecule has 0 aromatic rings. The largest absolute Gasteiger partial charge is 0.550 e. The summed E-state index contributed by atoms with van der Waals surface area (Å²) < 4.78 is 39.3. The third-order valence-electron chi connectivity index (χ3n) is 13.0. The van der Waals surface area contributed by atoms with E-state index in [4.69, 9.17) is 28.4 Å². The standard InChI is InChI=1S/C36H62O11/c1-10-34(31-20(3)16-26(43-31)28-19(2)15-21(4)36(41,18-37)46-28)12-11-27(44-34)33(8)13-14-35(47-33)17-25(38)22(5)30(45-35)23(6)29(42-9)24(7)32(39)40/h19-31,37-38,41H,10-18H2,1-9H3,(H,39,40)/p-1/t19-,20-,21-,22-,23+,24+,25+,26-,27-,28+,29-,30+,31-,33+,34+,35-,36+/m1/s1. The Hall–Kier alpha value is -0.890. The average molecular weight is 670 g/mol. The SMILES string of the molecule is CC[C@@]1([C@@H]2O[C@@H]([C@H]3O[C@@](O)(CO)[C@H](C)C[C@H]3C)C[C@H]2C)CC[C@H]([C@]2(C)CC[C@]3(C[C@H](O)[C@@H](C)[C@@H]([C@@H](C)[C@@H](OC)[C@H](C)C(=O)[O-])O3)O2)O1. The number of carbonyl (C=O) groups excluding carboxylic acids is 1. The minimum atomic E-state index is -1.57. The Morgan fingerprint density at radius 2 is 1.74 bits per heavy atom. The molecule has 0 amide bonds. The molecule has 5 heterocycles. The van der Waals surface area contributed by atoms with Gasteiger partial charge < -0.3 is 53.6 Å². The molecule has 3 N–H and O–H groups in total. The number of carbonyl (C=O) groups is 1. The number of ether oxygens (including phenoxy) is 6. The van der Waals surface area contributed by atoms with Crippen LogP contribution in [-0.2, 0) is 33.2 Å². The zero-order valence-electron chi connectivity index (χ0n) is 30.0. The predicted molar refractivity (Wildman–Crippen MR) is 170 cm³/mol. The lowest BCUT2D eigenvalue weighted by Gasteiger charge is -2.49. The Balaban J connectivity index is 1.29. The molecule has 0 bridgehead atoms. The van der Waals surface area contributed by atoms with Crippen LogP contribution in [0, 0.1) is 35.5 Å². The maximum Gasteiger partial charge on any atom is 0.192 e. The summed E-state index contributed by atoms with van der Waals surface area (Å²) in [6.45, 7) is 15.4. The maximum absolute atomic E-state index is 11.7. The second-order valence-electron chi connectivity index (χ2n) is 16.3. The van der Waals surface area contributed by atoms with Gasteiger partial charge in [0.1, 0.15) is 0 Å². The number of aliphatic hydroxyl groups excluding tert-OH is 2. The molecule has 0 aliphatic carbocycles. The fraction of sp³-hybridized carbons (Fsp3) is 0.972. The number of hydrogen-bond donors (Lipinski definition) is 3. The topological polar surface area (TPSA) is 156 Å². The van der Waals surface area contributed by atoms with Gasteiger partial charge in [-0.2, -0.15) is 0 Å². The summed E-state index contributed by atoms with van der Waals surface area (Å²) in [5, 5.41) is 43.9. The number of hydrogen-bond acceptors (Lipinski definition) is 11. The highest BCUT2D eigenvalue weighted by Gasteiger charge is 2.62. The number of methoxy groups -OCH3 is 1. The Labute approximate surface area is 281 Å². The van der Waals surface area contributed by atoms with E-state index in [1.807, 2.05) is 20.8 Å². The minimum Gasteiger partial charge on any atom is -0.550 e. The van der Waals surface area contributed by atoms with Crippen molar-refractivity contribution < 1.29 is 53.6 Å². The third-order valence-corrected chi connectivity index (χ3v) is 13.0. The van der Waals surface area contributed by atoms with Gasteiger partial charge in [-0.1, -0.05) is 48.5 Å². The monoisotopic (exact) mass is 669 g/mol. The highest BCUT2D eigenvalue weighted by Crippen LogP contribution is 2.55. The van der Waals surface area contributed by atoms with Gasteiger partial charge in [-0.3, -0.25) is 0 Å². The van der Waals surface area contributed by atoms with Crippen LogP contribution in [0.5, 0.6) is 0 Å². The molecular formula is C36H61O11-. The fourth-order valence-electron chi connectivity index (χ4n) is 9.91. The summed E-state index contributed by atoms with van der Waals surface area (Å²) in [6, 6.07) is 0. The van der Waals surface area contributed by atoms with E-state index in [1.54, 1.807) is 6.92 Å². The van der Waals surface area contributed by atoms with Crippen LogP contribution in [-0.4, -0.2) is 101 Å². The van der Waals surface area contributed by atoms with Crippen molar-refractivity contribution in [2.75, 3.05) is 13.7 Å². The second-order valence-corrected chi connectivity index (χ2v) is 16.3. The zero-order chi connectivity index (χ0) is 34.7. The molecule has 5 rings (SSSR count). The summed E-state index contributed by atoms with van der Waals surface area (Å²) in [4.78, 5) is 11.7. The lowest BCUT2D eigenvalue weighted by molar-refractivity contribution is -0.338. The molecule has 5 fully saturated rings. The summed E-state index contributed by atoms with van der Waals surface area (Å²) >= 11 is 0. The van der Waals surface area contributed by atoms with Crippen LogP contribution < -0.4 is 5.11 Å². The van der Waals surface area contributed by atoms with E-state index < -0.39 is 59.6 Å². The first-order valence-corrected chi connectivity index (χ1v) is 18.1. The van der Waals surface area contributed by atoms with Crippen LogP contribution in [0.15, 0.2) is 0 Å². The zero-order valence-corrected chi connectivity index (χ0v) is 30.0. The van der Waals surface area contributed by atoms with Gasteiger partial charge in [0.25, 0.3) is 0 Å². The summed E-state index contributed by atoms with van der Waals surface area (Å²) in [5.41, 5.74) is -1.16. The highest BCUT2D eigenvalue weighted by atomic mass is 16.7. The Morgan fingerprint density at radius 3 is 2.36 bits per heavy atom. The number of aliphatic carboxylic acids is 1. The van der Waals surface area contributed by atoms with Gasteiger partial charge in [-0.05, 0) is 57.3 Å². The number of rotatable bonds is 10. The molecule has 0 radical (unpaired) electrons. The van der Waals surface area contributed by atoms with E-state index in [1.165, 1.54) is 7.11 Å². The predicted octanol–water partition coefficient (Wildman–Crippen LogP) is 2.94. The normalized spacial score (nSPS) is 50.9. The lowest BCUT2D eigenvalue weighted by atomic mass is 9.78. The Bertz CT molecular complexity index is 1110. The van der Waals surface area contributed by atoms with Crippen LogP contribution in [0.2, 0.25) is 0 Å². The first-order chi connectivity index (χ1) is 22.0. The molecule has 5 saturated heterocycles. The van der Waals surface area contributed by atoms with Crippen molar-refractivity contribution in [1.29, 1.82) is 0 Å². The van der Waals surface area contributed by atoms with Crippen LogP contribution in [0.3, 0.4) is 0 Å². The molecule has 5 aliphatic rings. The smallest absolute Gasteiger partial charge is 0.192 e. The molecule has 0 aromatic heterocycles. The van der Waals surface area contributed by atoms with E-state index in [0.29, 0.717) is 19.3 Å². The van der Waals surface area contributed by atoms with Crippen molar-refractivity contribution in [3.63, 3.8) is 0 Å². The van der Waals surface area contributed by atoms with E-state index in [0.717, 1.165) is 32.1 Å². The number of aliphatic hydroxyl groups is 3. The van der Waals surface area contributed by atoms with Crippen molar-refractivity contribution in [2.45, 2.75) is 172 Å². The van der Waals surface area contributed by atoms with Gasteiger partial charge in [0.2, 0.25) is 0 Å². The van der Waals surface area contributed by atoms with Crippen molar-refractivity contribution in [1.82, 2.24) is 0 Å². The van der Waals surface area contributed by atoms with E-state index in [2.05, 4.69) is 27.7 Å². The lowest BCUT2D eigenvalue weighted by Crippen LogP contribution is -2.57. The van der Waals surface area contributed by atoms with E-state index in [9.17, 15) is 25.2 Å². The maximum atomic E-state index is 11.7. The van der Waals surface area contributed by atoms with E-state index in [-0.39, 0.29) is 54.0 Å². The Morgan fingerprint density at radius 1 is 1.04 bits per heavy atom. The van der Waals surface area contributed by atoms with Gasteiger partial charge in [-0.15, -0.1) is 0 Å². The fourth-order valence-corrected chi connectivity index (χ4v) is 9.91. The summed E-state index contributed by atoms with van der Waals surface area (Å²) in [6.07, 6.45) is 2.81. The highest BCUT2D eigenvalue weighted by molar-refractivity contribution is 5.67. The summed E-state index contributed by atoms with van der Waals surface area (Å²) in [5.74, 6) is -4.97. The molecule has 47 heavy (non-hydrogen) atoms. The van der Waals surface area contributed by atoms with Crippen molar-refractivity contribution >= 4 is 5.97 Å². The van der Waals surface area contributed by atoms with Gasteiger partial charge in [0, 0.05) is 49.6 Å². The van der Waals surface area contributed by atoms with Crippen molar-refractivity contribution in [3.05, 3.63) is 0 Å². The van der Waals surface area contributed by atoms with Crippen LogP contribution >= 0.6 is 0 Å². The minimum absolute atomic E-state index is 0.158. The van der Waals surface area contributed by atoms with Crippen molar-refractivity contribution in [2.24, 2.45) is 35.5 Å². The number of carboxylic acid groups (broad SMARTS) is 1. The first kappa shape index (κ1) is 37.4. The molecule has 0 aromatic carbocycles. The van der Waals surface area contributed by atoms with E-state index >= 15 is 0 Å². The number of carboxylic acids is 1. The average Bonchev–Trinajstić information content (AvgIpc) is 3.73. The molecule has 11 heteroatoms. The van der Waals surface area contributed by atoms with Gasteiger partial charge in [0.15, 0.2) is 11.6 Å².